The van der Waals surface area contributed by atoms with Gasteiger partial charge in [-0.3, -0.25) is 4.90 Å². The van der Waals surface area contributed by atoms with Crippen LogP contribution >= 0.6 is 23.6 Å². The Labute approximate surface area is 171 Å². The molecule has 8 heteroatoms. The molecule has 0 spiro atoms. The van der Waals surface area contributed by atoms with Gasteiger partial charge in [-0.25, -0.2) is 14.1 Å². The fraction of sp³-hybridized carbons (Fsp3) is 0.250. The summed E-state index contributed by atoms with van der Waals surface area (Å²) in [6, 6.07) is 14.8. The predicted octanol–water partition coefficient (Wildman–Crippen LogP) is 5.02. The first kappa shape index (κ1) is 18.9. The van der Waals surface area contributed by atoms with E-state index in [0.29, 0.717) is 22.8 Å². The van der Waals surface area contributed by atoms with Crippen molar-refractivity contribution in [2.75, 3.05) is 7.05 Å². The summed E-state index contributed by atoms with van der Waals surface area (Å²) < 4.78 is 19.4. The third-order valence-electron chi connectivity index (χ3n) is 4.84. The van der Waals surface area contributed by atoms with Crippen molar-refractivity contribution in [3.63, 3.8) is 0 Å². The Kier molecular flexibility index (Phi) is 5.09. The minimum Gasteiger partial charge on any atom is -0.303 e. The number of benzene rings is 2. The molecule has 28 heavy (non-hydrogen) atoms. The zero-order valence-corrected chi connectivity index (χ0v) is 17.5. The Hall–Kier alpha value is -2.42. The van der Waals surface area contributed by atoms with Gasteiger partial charge in [-0.05, 0) is 50.5 Å². The van der Waals surface area contributed by atoms with E-state index in [2.05, 4.69) is 23.0 Å². The molecule has 4 rings (SSSR count). The molecular formula is C20H20FN5S2. The monoisotopic (exact) mass is 413 g/mol. The fourth-order valence-corrected chi connectivity index (χ4v) is 4.32. The van der Waals surface area contributed by atoms with Gasteiger partial charge in [0, 0.05) is 7.05 Å². The van der Waals surface area contributed by atoms with E-state index >= 15 is 0 Å². The number of aromatic nitrogens is 4. The maximum absolute atomic E-state index is 14.2. The highest BCUT2D eigenvalue weighted by molar-refractivity contribution is 7.71. The summed E-state index contributed by atoms with van der Waals surface area (Å²) in [6.45, 7) is 2.60. The van der Waals surface area contributed by atoms with Crippen LogP contribution in [0.25, 0.3) is 21.6 Å². The van der Waals surface area contributed by atoms with Crippen LogP contribution in [0.4, 0.5) is 4.39 Å². The third-order valence-corrected chi connectivity index (χ3v) is 6.53. The normalized spacial score (nSPS) is 12.8. The molecule has 0 aliphatic carbocycles. The highest BCUT2D eigenvalue weighted by atomic mass is 32.1. The molecule has 0 N–H and O–H groups in total. The molecule has 5 nitrogen and oxygen atoms in total. The Morgan fingerprint density at radius 3 is 2.64 bits per heavy atom. The predicted molar refractivity (Wildman–Crippen MR) is 113 cm³/mol. The highest BCUT2D eigenvalue weighted by Gasteiger charge is 2.19. The number of hydrogen-bond donors (Lipinski definition) is 0. The van der Waals surface area contributed by atoms with Crippen molar-refractivity contribution in [1.29, 1.82) is 0 Å². The molecule has 0 saturated carbocycles. The Morgan fingerprint density at radius 2 is 1.89 bits per heavy atom. The number of nitrogens with zero attached hydrogens (tertiary/aromatic N) is 5. The van der Waals surface area contributed by atoms with Crippen LogP contribution in [0.1, 0.15) is 18.0 Å². The molecule has 0 amide bonds. The summed E-state index contributed by atoms with van der Waals surface area (Å²) >= 11 is 7.23. The first-order chi connectivity index (χ1) is 13.5. The molecule has 0 saturated heterocycles. The molecule has 144 valence electrons. The van der Waals surface area contributed by atoms with Crippen LogP contribution in [-0.4, -0.2) is 31.3 Å². The van der Waals surface area contributed by atoms with Crippen molar-refractivity contribution in [3.05, 3.63) is 64.1 Å². The summed E-state index contributed by atoms with van der Waals surface area (Å²) in [7, 11) is 3.82. The number of thiazole rings is 1. The van der Waals surface area contributed by atoms with Gasteiger partial charge in [-0.1, -0.05) is 24.3 Å². The number of fused-ring (bicyclic) bond motifs is 1. The quantitative estimate of drug-likeness (QED) is 0.431. The van der Waals surface area contributed by atoms with Crippen LogP contribution in [0.3, 0.4) is 0 Å². The summed E-state index contributed by atoms with van der Waals surface area (Å²) in [5.41, 5.74) is 1.45. The van der Waals surface area contributed by atoms with E-state index in [1.54, 1.807) is 38.8 Å². The molecule has 2 heterocycles. The number of rotatable bonds is 5. The first-order valence-electron chi connectivity index (χ1n) is 8.90. The molecule has 0 radical (unpaired) electrons. The van der Waals surface area contributed by atoms with E-state index in [0.717, 1.165) is 10.5 Å². The van der Waals surface area contributed by atoms with Crippen molar-refractivity contribution in [3.8, 4) is 11.4 Å². The van der Waals surface area contributed by atoms with E-state index in [1.807, 2.05) is 32.3 Å². The fourth-order valence-electron chi connectivity index (χ4n) is 3.05. The highest BCUT2D eigenvalue weighted by Crippen LogP contribution is 2.29. The van der Waals surface area contributed by atoms with Crippen LogP contribution in [0.15, 0.2) is 48.5 Å². The maximum atomic E-state index is 14.2. The zero-order chi connectivity index (χ0) is 19.8. The van der Waals surface area contributed by atoms with Gasteiger partial charge in [0.2, 0.25) is 0 Å². The SMILES string of the molecule is CC(c1nc2ccccc2s1)N(C)Cn1nc(-c2ccccc2F)n(C)c1=S. The van der Waals surface area contributed by atoms with Gasteiger partial charge in [-0.2, -0.15) is 5.10 Å². The van der Waals surface area contributed by atoms with Gasteiger partial charge in [-0.15, -0.1) is 11.3 Å². The van der Waals surface area contributed by atoms with Crippen LogP contribution in [-0.2, 0) is 13.7 Å². The van der Waals surface area contributed by atoms with Crippen molar-refractivity contribution in [1.82, 2.24) is 24.2 Å². The van der Waals surface area contributed by atoms with E-state index in [9.17, 15) is 4.39 Å². The molecule has 4 aromatic rings. The minimum absolute atomic E-state index is 0.0956. The van der Waals surface area contributed by atoms with Crippen molar-refractivity contribution in [2.24, 2.45) is 7.05 Å². The number of hydrogen-bond acceptors (Lipinski definition) is 5. The maximum Gasteiger partial charge on any atom is 0.199 e. The zero-order valence-electron chi connectivity index (χ0n) is 15.8. The third kappa shape index (κ3) is 3.39. The molecule has 0 bridgehead atoms. The largest absolute Gasteiger partial charge is 0.303 e. The number of halogens is 1. The van der Waals surface area contributed by atoms with Crippen LogP contribution in [0.2, 0.25) is 0 Å². The number of para-hydroxylation sites is 1. The molecule has 2 aromatic carbocycles. The lowest BCUT2D eigenvalue weighted by molar-refractivity contribution is 0.194. The average Bonchev–Trinajstić information content (AvgIpc) is 3.24. The Balaban J connectivity index is 1.61. The summed E-state index contributed by atoms with van der Waals surface area (Å²) in [5.74, 6) is 0.207. The first-order valence-corrected chi connectivity index (χ1v) is 10.1. The van der Waals surface area contributed by atoms with E-state index in [-0.39, 0.29) is 11.9 Å². The van der Waals surface area contributed by atoms with E-state index in [1.165, 1.54) is 10.8 Å². The molecule has 2 aromatic heterocycles. The van der Waals surface area contributed by atoms with Gasteiger partial charge in [0.15, 0.2) is 10.6 Å². The molecular weight excluding hydrogens is 393 g/mol. The second kappa shape index (κ2) is 7.54. The summed E-state index contributed by atoms with van der Waals surface area (Å²) in [5, 5.41) is 5.62. The van der Waals surface area contributed by atoms with E-state index in [4.69, 9.17) is 17.2 Å². The Morgan fingerprint density at radius 1 is 1.18 bits per heavy atom. The van der Waals surface area contributed by atoms with Crippen LogP contribution in [0.5, 0.6) is 0 Å². The molecule has 0 fully saturated rings. The van der Waals surface area contributed by atoms with Gasteiger partial charge in [0.1, 0.15) is 10.8 Å². The van der Waals surface area contributed by atoms with Crippen molar-refractivity contribution < 1.29 is 4.39 Å². The van der Waals surface area contributed by atoms with Crippen molar-refractivity contribution >= 4 is 33.8 Å². The van der Waals surface area contributed by atoms with Gasteiger partial charge < -0.3 is 4.57 Å². The smallest absolute Gasteiger partial charge is 0.199 e. The van der Waals surface area contributed by atoms with E-state index < -0.39 is 0 Å². The topological polar surface area (TPSA) is 38.9 Å². The molecule has 1 atom stereocenters. The standard InChI is InChI=1S/C20H20FN5S2/c1-13(19-22-16-10-6-7-11-17(16)28-19)24(2)12-26-20(27)25(3)18(23-26)14-8-4-5-9-15(14)21/h4-11,13H,12H2,1-3H3. The minimum atomic E-state index is -0.311. The second-order valence-corrected chi connectivity index (χ2v) is 8.17. The van der Waals surface area contributed by atoms with Crippen LogP contribution in [0, 0.1) is 10.6 Å². The Bertz CT molecular complexity index is 1160. The van der Waals surface area contributed by atoms with Gasteiger partial charge in [0.05, 0.1) is 28.5 Å². The summed E-state index contributed by atoms with van der Waals surface area (Å²) in [6.07, 6.45) is 0. The average molecular weight is 414 g/mol. The molecule has 1 unspecified atom stereocenters. The lowest BCUT2D eigenvalue weighted by Crippen LogP contribution is -2.26. The van der Waals surface area contributed by atoms with Crippen molar-refractivity contribution in [2.45, 2.75) is 19.6 Å². The molecule has 0 aliphatic heterocycles. The van der Waals surface area contributed by atoms with Gasteiger partial charge in [0.25, 0.3) is 0 Å². The summed E-state index contributed by atoms with van der Waals surface area (Å²) in [4.78, 5) is 6.88. The lowest BCUT2D eigenvalue weighted by atomic mass is 10.2. The lowest BCUT2D eigenvalue weighted by Gasteiger charge is -2.22. The van der Waals surface area contributed by atoms with Crippen LogP contribution < -0.4 is 0 Å². The molecule has 0 aliphatic rings. The van der Waals surface area contributed by atoms with Gasteiger partial charge >= 0.3 is 0 Å². The second-order valence-electron chi connectivity index (χ2n) is 6.74.